The van der Waals surface area contributed by atoms with E-state index >= 15 is 0 Å². The summed E-state index contributed by atoms with van der Waals surface area (Å²) < 4.78 is 9.71. The fourth-order valence-corrected chi connectivity index (χ4v) is 1.55. The van der Waals surface area contributed by atoms with Crippen LogP contribution in [0.25, 0.3) is 0 Å². The predicted molar refractivity (Wildman–Crippen MR) is 60.5 cm³/mol. The number of ketones is 2. The zero-order valence-electron chi connectivity index (χ0n) is 10.1. The van der Waals surface area contributed by atoms with Gasteiger partial charge in [-0.05, 0) is 13.0 Å². The Morgan fingerprint density at radius 1 is 1.11 bits per heavy atom. The number of allylic oxidation sites excluding steroid dienone is 3. The zero-order valence-corrected chi connectivity index (χ0v) is 10.1. The van der Waals surface area contributed by atoms with Crippen LogP contribution in [-0.2, 0) is 23.9 Å². The number of carbonyl (C=O) groups excluding carboxylic acids is 2. The average molecular weight is 252 g/mol. The largest absolute Gasteiger partial charge is 0.492 e. The molecule has 0 heterocycles. The molecule has 0 spiro atoms. The van der Waals surface area contributed by atoms with Crippen molar-refractivity contribution in [3.8, 4) is 0 Å². The fraction of sp³-hybridized carbons (Fsp3) is 0.250. The van der Waals surface area contributed by atoms with E-state index in [1.54, 1.807) is 0 Å². The molecule has 0 aromatic rings. The SMILES string of the molecule is COC1=C(C)C(=O)C(OC)=C(/C=C/C(=O)O)C1=O. The van der Waals surface area contributed by atoms with E-state index in [0.29, 0.717) is 0 Å². The lowest BCUT2D eigenvalue weighted by Gasteiger charge is -2.18. The molecule has 0 aromatic carbocycles. The highest BCUT2D eigenvalue weighted by molar-refractivity contribution is 6.24. The van der Waals surface area contributed by atoms with Crippen LogP contribution in [0.3, 0.4) is 0 Å². The Labute approximate surface area is 103 Å². The number of ether oxygens (including phenoxy) is 2. The zero-order chi connectivity index (χ0) is 13.9. The lowest BCUT2D eigenvalue weighted by Crippen LogP contribution is -2.24. The monoisotopic (exact) mass is 252 g/mol. The van der Waals surface area contributed by atoms with E-state index in [0.717, 1.165) is 12.2 Å². The molecule has 1 N–H and O–H groups in total. The van der Waals surface area contributed by atoms with Crippen molar-refractivity contribution in [1.29, 1.82) is 0 Å². The van der Waals surface area contributed by atoms with Crippen molar-refractivity contribution in [2.75, 3.05) is 14.2 Å². The second kappa shape index (κ2) is 5.31. The number of carbonyl (C=O) groups is 3. The first-order valence-corrected chi connectivity index (χ1v) is 4.97. The Kier molecular flexibility index (Phi) is 4.04. The molecule has 0 saturated carbocycles. The number of carboxylic acids is 1. The van der Waals surface area contributed by atoms with E-state index in [9.17, 15) is 14.4 Å². The summed E-state index contributed by atoms with van der Waals surface area (Å²) in [5, 5.41) is 8.54. The maximum atomic E-state index is 12.0. The van der Waals surface area contributed by atoms with Crippen LogP contribution in [-0.4, -0.2) is 36.9 Å². The van der Waals surface area contributed by atoms with Gasteiger partial charge in [-0.2, -0.15) is 0 Å². The fourth-order valence-electron chi connectivity index (χ4n) is 1.55. The molecule has 0 amide bonds. The van der Waals surface area contributed by atoms with Crippen LogP contribution in [0.1, 0.15) is 6.92 Å². The van der Waals surface area contributed by atoms with E-state index in [4.69, 9.17) is 14.6 Å². The standard InChI is InChI=1S/C12H12O6/c1-6-9(15)12(18-3)7(4-5-8(13)14)10(16)11(6)17-2/h4-5H,1-3H3,(H,13,14)/b5-4+. The molecule has 0 unspecified atom stereocenters. The van der Waals surface area contributed by atoms with Crippen molar-refractivity contribution in [2.24, 2.45) is 0 Å². The van der Waals surface area contributed by atoms with Crippen molar-refractivity contribution in [3.05, 3.63) is 34.8 Å². The number of aliphatic carboxylic acids is 1. The molecule has 18 heavy (non-hydrogen) atoms. The molecule has 0 radical (unpaired) electrons. The van der Waals surface area contributed by atoms with E-state index < -0.39 is 17.5 Å². The maximum Gasteiger partial charge on any atom is 0.328 e. The normalized spacial score (nSPS) is 16.6. The van der Waals surface area contributed by atoms with Gasteiger partial charge in [-0.25, -0.2) is 4.79 Å². The van der Waals surface area contributed by atoms with Gasteiger partial charge in [0.2, 0.25) is 11.6 Å². The molecule has 6 heteroatoms. The summed E-state index contributed by atoms with van der Waals surface area (Å²) in [6.07, 6.45) is 1.78. The van der Waals surface area contributed by atoms with Gasteiger partial charge in [0.15, 0.2) is 11.5 Å². The quantitative estimate of drug-likeness (QED) is 0.582. The molecule has 6 nitrogen and oxygen atoms in total. The van der Waals surface area contributed by atoms with Crippen molar-refractivity contribution in [3.63, 3.8) is 0 Å². The number of rotatable bonds is 4. The van der Waals surface area contributed by atoms with E-state index in [1.165, 1.54) is 21.1 Å². The molecule has 0 atom stereocenters. The number of carboxylic acid groups (broad SMARTS) is 1. The van der Waals surface area contributed by atoms with Gasteiger partial charge in [-0.3, -0.25) is 9.59 Å². The third kappa shape index (κ3) is 2.32. The van der Waals surface area contributed by atoms with Crippen LogP contribution >= 0.6 is 0 Å². The first-order valence-electron chi connectivity index (χ1n) is 4.97. The van der Waals surface area contributed by atoms with Crippen molar-refractivity contribution in [2.45, 2.75) is 6.92 Å². The Morgan fingerprint density at radius 2 is 1.67 bits per heavy atom. The second-order valence-corrected chi connectivity index (χ2v) is 3.43. The summed E-state index contributed by atoms with van der Waals surface area (Å²) in [5.41, 5.74) is -0.000764. The molecular weight excluding hydrogens is 240 g/mol. The first kappa shape index (κ1) is 13.7. The Bertz CT molecular complexity index is 507. The smallest absolute Gasteiger partial charge is 0.328 e. The Hall–Kier alpha value is -2.37. The van der Waals surface area contributed by atoms with Gasteiger partial charge in [-0.1, -0.05) is 0 Å². The van der Waals surface area contributed by atoms with Gasteiger partial charge in [0, 0.05) is 11.6 Å². The van der Waals surface area contributed by atoms with Gasteiger partial charge in [-0.15, -0.1) is 0 Å². The minimum Gasteiger partial charge on any atom is -0.492 e. The number of hydrogen-bond donors (Lipinski definition) is 1. The highest BCUT2D eigenvalue weighted by Gasteiger charge is 2.33. The van der Waals surface area contributed by atoms with Crippen LogP contribution in [0.5, 0.6) is 0 Å². The van der Waals surface area contributed by atoms with E-state index in [1.807, 2.05) is 0 Å². The summed E-state index contributed by atoms with van der Waals surface area (Å²) in [5.74, 6) is -2.60. The van der Waals surface area contributed by atoms with Gasteiger partial charge >= 0.3 is 5.97 Å². The molecule has 1 aliphatic carbocycles. The topological polar surface area (TPSA) is 89.9 Å². The maximum absolute atomic E-state index is 12.0. The summed E-state index contributed by atoms with van der Waals surface area (Å²) in [6.45, 7) is 1.44. The third-order valence-corrected chi connectivity index (χ3v) is 2.38. The summed E-state index contributed by atoms with van der Waals surface area (Å²) in [6, 6.07) is 0. The molecule has 1 aliphatic rings. The van der Waals surface area contributed by atoms with Crippen LogP contribution < -0.4 is 0 Å². The molecule has 0 bridgehead atoms. The first-order chi connectivity index (χ1) is 8.43. The summed E-state index contributed by atoms with van der Waals surface area (Å²) >= 11 is 0. The molecular formula is C12H12O6. The van der Waals surface area contributed by atoms with Crippen molar-refractivity contribution >= 4 is 17.5 Å². The molecule has 0 saturated heterocycles. The lowest BCUT2D eigenvalue weighted by atomic mass is 9.94. The van der Waals surface area contributed by atoms with Crippen LogP contribution in [0.2, 0.25) is 0 Å². The van der Waals surface area contributed by atoms with Gasteiger partial charge in [0.25, 0.3) is 0 Å². The molecule has 0 fully saturated rings. The van der Waals surface area contributed by atoms with Gasteiger partial charge in [0.05, 0.1) is 19.8 Å². The van der Waals surface area contributed by atoms with E-state index in [-0.39, 0.29) is 22.7 Å². The minimum atomic E-state index is -1.23. The molecule has 96 valence electrons. The van der Waals surface area contributed by atoms with Gasteiger partial charge in [0.1, 0.15) is 0 Å². The number of Topliss-reactive ketones (excluding diaryl/α,β-unsaturated/α-hetero) is 2. The Morgan fingerprint density at radius 3 is 2.11 bits per heavy atom. The minimum absolute atomic E-state index is 0.106. The highest BCUT2D eigenvalue weighted by Crippen LogP contribution is 2.26. The van der Waals surface area contributed by atoms with Gasteiger partial charge < -0.3 is 14.6 Å². The average Bonchev–Trinajstić information content (AvgIpc) is 2.32. The predicted octanol–water partition coefficient (Wildman–Crippen LogP) is 0.600. The number of hydrogen-bond acceptors (Lipinski definition) is 5. The summed E-state index contributed by atoms with van der Waals surface area (Å²) in [4.78, 5) is 34.3. The lowest BCUT2D eigenvalue weighted by molar-refractivity contribution is -0.131. The second-order valence-electron chi connectivity index (χ2n) is 3.43. The molecule has 1 rings (SSSR count). The van der Waals surface area contributed by atoms with Crippen LogP contribution in [0, 0.1) is 0 Å². The Balaban J connectivity index is 3.35. The summed E-state index contributed by atoms with van der Waals surface area (Å²) in [7, 11) is 2.50. The molecule has 0 aromatic heterocycles. The number of methoxy groups -OCH3 is 2. The highest BCUT2D eigenvalue weighted by atomic mass is 16.5. The van der Waals surface area contributed by atoms with E-state index in [2.05, 4.69) is 0 Å². The van der Waals surface area contributed by atoms with Crippen molar-refractivity contribution in [1.82, 2.24) is 0 Å². The third-order valence-electron chi connectivity index (χ3n) is 2.38. The van der Waals surface area contributed by atoms with Crippen molar-refractivity contribution < 1.29 is 29.0 Å². The molecule has 0 aliphatic heterocycles. The van der Waals surface area contributed by atoms with Crippen LogP contribution in [0.15, 0.2) is 34.8 Å². The van der Waals surface area contributed by atoms with Crippen LogP contribution in [0.4, 0.5) is 0 Å².